The molecular weight excluding hydrogens is 252 g/mol. The van der Waals surface area contributed by atoms with Gasteiger partial charge in [0.15, 0.2) is 0 Å². The van der Waals surface area contributed by atoms with Gasteiger partial charge in [0.1, 0.15) is 17.5 Å². The third-order valence-corrected chi connectivity index (χ3v) is 3.40. The molecule has 1 aromatic carbocycles. The van der Waals surface area contributed by atoms with Crippen molar-refractivity contribution >= 4 is 0 Å². The molecule has 5 nitrogen and oxygen atoms in total. The van der Waals surface area contributed by atoms with Crippen molar-refractivity contribution in [1.82, 2.24) is 9.97 Å². The van der Waals surface area contributed by atoms with Gasteiger partial charge in [-0.15, -0.1) is 0 Å². The van der Waals surface area contributed by atoms with Crippen molar-refractivity contribution in [3.8, 4) is 11.9 Å². The van der Waals surface area contributed by atoms with Crippen LogP contribution >= 0.6 is 0 Å². The van der Waals surface area contributed by atoms with Crippen molar-refractivity contribution < 1.29 is 4.74 Å². The molecule has 0 amide bonds. The summed E-state index contributed by atoms with van der Waals surface area (Å²) in [4.78, 5) is 7.43. The second-order valence-electron chi connectivity index (χ2n) is 4.88. The number of fused-ring (bicyclic) bond motifs is 1. The third kappa shape index (κ3) is 1.82. The summed E-state index contributed by atoms with van der Waals surface area (Å²) in [5.74, 6) is 1.05. The van der Waals surface area contributed by atoms with Gasteiger partial charge in [-0.1, -0.05) is 29.8 Å². The molecule has 0 aliphatic carbocycles. The average Bonchev–Trinajstić information content (AvgIpc) is 2.78. The van der Waals surface area contributed by atoms with Crippen LogP contribution in [-0.2, 0) is 0 Å². The molecule has 0 radical (unpaired) electrons. The van der Waals surface area contributed by atoms with Crippen molar-refractivity contribution in [3.05, 3.63) is 58.4 Å². The summed E-state index contributed by atoms with van der Waals surface area (Å²) >= 11 is 0. The molecule has 0 saturated heterocycles. The van der Waals surface area contributed by atoms with Crippen LogP contribution in [0.3, 0.4) is 0 Å². The van der Waals surface area contributed by atoms with E-state index in [1.807, 2.05) is 38.1 Å². The minimum atomic E-state index is -0.259. The third-order valence-electron chi connectivity index (χ3n) is 3.40. The zero-order valence-corrected chi connectivity index (χ0v) is 11.3. The maximum atomic E-state index is 9.38. The lowest BCUT2D eigenvalue weighted by molar-refractivity contribution is 0.379. The van der Waals surface area contributed by atoms with Gasteiger partial charge in [-0.2, -0.15) is 10.2 Å². The molecule has 0 unspecified atom stereocenters. The lowest BCUT2D eigenvalue weighted by Gasteiger charge is -2.22. The number of aromatic amines is 1. The molecule has 3 N–H and O–H groups in total. The number of nitrogens with one attached hydrogen (secondary N) is 1. The van der Waals surface area contributed by atoms with Crippen LogP contribution in [0.2, 0.25) is 0 Å². The van der Waals surface area contributed by atoms with Crippen molar-refractivity contribution in [2.75, 3.05) is 0 Å². The second-order valence-corrected chi connectivity index (χ2v) is 4.88. The van der Waals surface area contributed by atoms with Crippen molar-refractivity contribution in [3.63, 3.8) is 0 Å². The van der Waals surface area contributed by atoms with Crippen LogP contribution in [0, 0.1) is 25.2 Å². The lowest BCUT2D eigenvalue weighted by Crippen LogP contribution is -2.21. The van der Waals surface area contributed by atoms with Gasteiger partial charge in [0.2, 0.25) is 11.8 Å². The first-order valence-corrected chi connectivity index (χ1v) is 6.31. The van der Waals surface area contributed by atoms with E-state index in [2.05, 4.69) is 16.0 Å². The lowest BCUT2D eigenvalue weighted by atomic mass is 9.87. The van der Waals surface area contributed by atoms with Crippen LogP contribution in [0.5, 0.6) is 5.88 Å². The van der Waals surface area contributed by atoms with Gasteiger partial charge in [0.05, 0.1) is 11.6 Å². The van der Waals surface area contributed by atoms with E-state index in [1.165, 1.54) is 0 Å². The number of hydrogen-bond donors (Lipinski definition) is 2. The Morgan fingerprint density at radius 2 is 2.00 bits per heavy atom. The average molecular weight is 266 g/mol. The number of allylic oxidation sites excluding steroid dienone is 1. The fourth-order valence-corrected chi connectivity index (χ4v) is 2.42. The Hall–Kier alpha value is -2.74. The van der Waals surface area contributed by atoms with E-state index in [0.29, 0.717) is 11.5 Å². The first-order valence-electron chi connectivity index (χ1n) is 6.31. The van der Waals surface area contributed by atoms with E-state index in [-0.39, 0.29) is 11.8 Å². The Balaban J connectivity index is 2.19. The SMILES string of the molecule is Cc1ccc([C@@H]2C(C#N)=C(N)Oc3nc(C)[nH]c32)cc1. The zero-order chi connectivity index (χ0) is 14.3. The van der Waals surface area contributed by atoms with Crippen LogP contribution in [-0.4, -0.2) is 9.97 Å². The largest absolute Gasteiger partial charge is 0.420 e. The standard InChI is InChI=1S/C15H14N4O/c1-8-3-5-10(6-4-8)12-11(7-16)14(17)20-15-13(12)18-9(2)19-15/h3-6,12H,17H2,1-2H3,(H,18,19)/t12-/m1/s1. The molecule has 1 aliphatic rings. The minimum absolute atomic E-state index is 0.122. The first-order chi connectivity index (χ1) is 9.60. The highest BCUT2D eigenvalue weighted by Crippen LogP contribution is 2.40. The van der Waals surface area contributed by atoms with Gasteiger partial charge >= 0.3 is 0 Å². The van der Waals surface area contributed by atoms with E-state index in [1.54, 1.807) is 0 Å². The van der Waals surface area contributed by atoms with Crippen LogP contribution in [0.15, 0.2) is 35.7 Å². The number of aromatic nitrogens is 2. The van der Waals surface area contributed by atoms with E-state index in [0.717, 1.165) is 22.6 Å². The van der Waals surface area contributed by atoms with E-state index < -0.39 is 0 Å². The summed E-state index contributed by atoms with van der Waals surface area (Å²) in [6, 6.07) is 10.2. The number of nitrogens with two attached hydrogens (primary N) is 1. The highest BCUT2D eigenvalue weighted by Gasteiger charge is 2.33. The van der Waals surface area contributed by atoms with Crippen LogP contribution in [0.4, 0.5) is 0 Å². The minimum Gasteiger partial charge on any atom is -0.420 e. The number of hydrogen-bond acceptors (Lipinski definition) is 4. The maximum absolute atomic E-state index is 9.38. The Morgan fingerprint density at radius 1 is 1.30 bits per heavy atom. The molecule has 3 rings (SSSR count). The summed E-state index contributed by atoms with van der Waals surface area (Å²) in [7, 11) is 0. The Labute approximate surface area is 116 Å². The molecule has 2 aromatic rings. The number of ether oxygens (including phenoxy) is 1. The quantitative estimate of drug-likeness (QED) is 0.828. The summed E-state index contributed by atoms with van der Waals surface area (Å²) in [6.07, 6.45) is 0. The highest BCUT2D eigenvalue weighted by molar-refractivity contribution is 5.51. The number of nitriles is 1. The first kappa shape index (κ1) is 12.3. The molecule has 1 aromatic heterocycles. The van der Waals surface area contributed by atoms with Gasteiger partial charge in [-0.05, 0) is 19.4 Å². The van der Waals surface area contributed by atoms with Crippen molar-refractivity contribution in [1.29, 1.82) is 5.26 Å². The molecule has 0 bridgehead atoms. The Bertz CT molecular complexity index is 734. The maximum Gasteiger partial charge on any atom is 0.243 e. The van der Waals surface area contributed by atoms with Gasteiger partial charge < -0.3 is 15.5 Å². The second kappa shape index (κ2) is 4.42. The molecule has 2 heterocycles. The fraction of sp³-hybridized carbons (Fsp3) is 0.200. The number of rotatable bonds is 1. The smallest absolute Gasteiger partial charge is 0.243 e. The summed E-state index contributed by atoms with van der Waals surface area (Å²) in [5, 5.41) is 9.38. The number of H-pyrrole nitrogens is 1. The number of benzene rings is 1. The van der Waals surface area contributed by atoms with Crippen LogP contribution in [0.1, 0.15) is 28.6 Å². The van der Waals surface area contributed by atoms with E-state index in [9.17, 15) is 5.26 Å². The molecule has 1 aliphatic heterocycles. The van der Waals surface area contributed by atoms with Crippen molar-refractivity contribution in [2.45, 2.75) is 19.8 Å². The van der Waals surface area contributed by atoms with E-state index in [4.69, 9.17) is 10.5 Å². The molecule has 5 heteroatoms. The molecular formula is C15H14N4O. The topological polar surface area (TPSA) is 87.7 Å². The fourth-order valence-electron chi connectivity index (χ4n) is 2.42. The van der Waals surface area contributed by atoms with Gasteiger partial charge in [0, 0.05) is 0 Å². The van der Waals surface area contributed by atoms with Crippen LogP contribution < -0.4 is 10.5 Å². The Kier molecular flexibility index (Phi) is 2.72. The zero-order valence-electron chi connectivity index (χ0n) is 11.3. The van der Waals surface area contributed by atoms with Gasteiger partial charge in [-0.25, -0.2) is 0 Å². The molecule has 100 valence electrons. The predicted molar refractivity (Wildman–Crippen MR) is 73.8 cm³/mol. The molecule has 0 fully saturated rings. The molecule has 0 saturated carbocycles. The number of imidazole rings is 1. The van der Waals surface area contributed by atoms with Crippen molar-refractivity contribution in [2.24, 2.45) is 5.73 Å². The number of aryl methyl sites for hydroxylation is 2. The summed E-state index contributed by atoms with van der Waals surface area (Å²) < 4.78 is 5.42. The molecule has 1 atom stereocenters. The number of nitrogens with zero attached hydrogens (tertiary/aromatic N) is 2. The predicted octanol–water partition coefficient (Wildman–Crippen LogP) is 2.24. The van der Waals surface area contributed by atoms with Crippen LogP contribution in [0.25, 0.3) is 0 Å². The summed E-state index contributed by atoms with van der Waals surface area (Å²) in [5.41, 5.74) is 9.19. The molecule has 20 heavy (non-hydrogen) atoms. The van der Waals surface area contributed by atoms with Gasteiger partial charge in [0.25, 0.3) is 0 Å². The normalized spacial score (nSPS) is 17.4. The van der Waals surface area contributed by atoms with Gasteiger partial charge in [-0.3, -0.25) is 0 Å². The monoisotopic (exact) mass is 266 g/mol. The highest BCUT2D eigenvalue weighted by atomic mass is 16.5. The van der Waals surface area contributed by atoms with E-state index >= 15 is 0 Å². The summed E-state index contributed by atoms with van der Waals surface area (Å²) in [6.45, 7) is 3.87. The molecule has 0 spiro atoms. The Morgan fingerprint density at radius 3 is 2.65 bits per heavy atom.